The van der Waals surface area contributed by atoms with Crippen molar-refractivity contribution in [2.45, 2.75) is 25.5 Å². The zero-order valence-corrected chi connectivity index (χ0v) is 20.5. The number of benzene rings is 2. The Balaban J connectivity index is 1.64. The maximum absolute atomic E-state index is 13.4. The van der Waals surface area contributed by atoms with Crippen LogP contribution < -0.4 is 10.9 Å². The third-order valence-corrected chi connectivity index (χ3v) is 7.43. The number of nitrogens with zero attached hydrogens (tertiary/aromatic N) is 2. The van der Waals surface area contributed by atoms with Gasteiger partial charge in [-0.15, -0.1) is 17.9 Å². The number of aromatic nitrogens is 2. The molecule has 172 valence electrons. The Morgan fingerprint density at radius 2 is 1.85 bits per heavy atom. The molecule has 0 unspecified atom stereocenters. The Hall–Kier alpha value is -3.49. The van der Waals surface area contributed by atoms with Crippen LogP contribution in [0.5, 0.6) is 0 Å². The number of thiophene rings is 1. The largest absolute Gasteiger partial charge is 0.326 e. The number of carbonyl (C=O) groups is 2. The first kappa shape index (κ1) is 23.7. The number of allylic oxidation sites excluding steroid dienone is 1. The molecule has 2 aromatic carbocycles. The van der Waals surface area contributed by atoms with E-state index in [4.69, 9.17) is 4.98 Å². The van der Waals surface area contributed by atoms with Gasteiger partial charge in [-0.3, -0.25) is 19.0 Å². The second kappa shape index (κ2) is 10.2. The second-order valence-electron chi connectivity index (χ2n) is 7.67. The van der Waals surface area contributed by atoms with E-state index in [9.17, 15) is 14.4 Å². The standard InChI is InChI=1S/C26H23N3O3S2/c1-4-14-29-25(32)22-16(2)23(19-8-6-5-7-9-19)34-24(22)28-26(29)33-15-21(31)18-10-12-20(13-11-18)27-17(3)30/h4-13H,1,14-15H2,2-3H3,(H,27,30). The summed E-state index contributed by atoms with van der Waals surface area (Å²) in [7, 11) is 0. The highest BCUT2D eigenvalue weighted by molar-refractivity contribution is 7.99. The van der Waals surface area contributed by atoms with Crippen molar-refractivity contribution in [3.05, 3.63) is 88.7 Å². The van der Waals surface area contributed by atoms with E-state index in [0.717, 1.165) is 16.0 Å². The first-order valence-electron chi connectivity index (χ1n) is 10.6. The molecule has 0 aliphatic carbocycles. The van der Waals surface area contributed by atoms with Gasteiger partial charge < -0.3 is 5.32 Å². The first-order chi connectivity index (χ1) is 16.4. The summed E-state index contributed by atoms with van der Waals surface area (Å²) in [5, 5.41) is 3.77. The van der Waals surface area contributed by atoms with Gasteiger partial charge in [0.2, 0.25) is 5.91 Å². The maximum Gasteiger partial charge on any atom is 0.263 e. The Morgan fingerprint density at radius 1 is 1.15 bits per heavy atom. The molecule has 0 atom stereocenters. The summed E-state index contributed by atoms with van der Waals surface area (Å²) in [5.74, 6) is -0.133. The van der Waals surface area contributed by atoms with Crippen LogP contribution in [-0.4, -0.2) is 27.0 Å². The average molecular weight is 490 g/mol. The van der Waals surface area contributed by atoms with Crippen molar-refractivity contribution in [3.8, 4) is 10.4 Å². The molecule has 1 N–H and O–H groups in total. The monoisotopic (exact) mass is 489 g/mol. The predicted molar refractivity (Wildman–Crippen MR) is 140 cm³/mol. The summed E-state index contributed by atoms with van der Waals surface area (Å²) in [6.45, 7) is 7.46. The lowest BCUT2D eigenvalue weighted by molar-refractivity contribution is -0.114. The van der Waals surface area contributed by atoms with Gasteiger partial charge in [-0.2, -0.15) is 0 Å². The summed E-state index contributed by atoms with van der Waals surface area (Å²) in [6.07, 6.45) is 1.65. The number of Topliss-reactive ketones (excluding diaryl/α,β-unsaturated/α-hetero) is 1. The lowest BCUT2D eigenvalue weighted by atomic mass is 10.1. The zero-order valence-electron chi connectivity index (χ0n) is 18.8. The molecule has 0 aliphatic rings. The number of hydrogen-bond acceptors (Lipinski definition) is 6. The van der Waals surface area contributed by atoms with E-state index in [1.807, 2.05) is 37.3 Å². The molecule has 4 aromatic rings. The number of ketones is 1. The summed E-state index contributed by atoms with van der Waals surface area (Å²) in [6, 6.07) is 16.7. The Kier molecular flexibility index (Phi) is 7.09. The third-order valence-electron chi connectivity index (χ3n) is 5.22. The van der Waals surface area contributed by atoms with E-state index in [1.165, 1.54) is 30.0 Å². The van der Waals surface area contributed by atoms with Crippen LogP contribution in [-0.2, 0) is 11.3 Å². The van der Waals surface area contributed by atoms with E-state index in [0.29, 0.717) is 33.2 Å². The average Bonchev–Trinajstić information content (AvgIpc) is 3.16. The topological polar surface area (TPSA) is 81.1 Å². The Bertz CT molecular complexity index is 1440. The minimum atomic E-state index is -0.171. The van der Waals surface area contributed by atoms with E-state index in [-0.39, 0.29) is 23.0 Å². The van der Waals surface area contributed by atoms with Crippen LogP contribution in [0.1, 0.15) is 22.8 Å². The maximum atomic E-state index is 13.4. The molecule has 34 heavy (non-hydrogen) atoms. The number of amides is 1. The van der Waals surface area contributed by atoms with Crippen molar-refractivity contribution in [1.82, 2.24) is 9.55 Å². The summed E-state index contributed by atoms with van der Waals surface area (Å²) in [4.78, 5) is 43.8. The highest BCUT2D eigenvalue weighted by atomic mass is 32.2. The van der Waals surface area contributed by atoms with E-state index >= 15 is 0 Å². The number of nitrogens with one attached hydrogen (secondary N) is 1. The molecule has 8 heteroatoms. The molecular formula is C26H23N3O3S2. The quantitative estimate of drug-likeness (QED) is 0.152. The van der Waals surface area contributed by atoms with E-state index in [2.05, 4.69) is 11.9 Å². The molecule has 0 aliphatic heterocycles. The smallest absolute Gasteiger partial charge is 0.263 e. The zero-order chi connectivity index (χ0) is 24.2. The predicted octanol–water partition coefficient (Wildman–Crippen LogP) is 5.55. The number of thioether (sulfide) groups is 1. The normalized spacial score (nSPS) is 10.9. The van der Waals surface area contributed by atoms with Crippen molar-refractivity contribution in [1.29, 1.82) is 0 Å². The van der Waals surface area contributed by atoms with Crippen LogP contribution >= 0.6 is 23.1 Å². The number of aryl methyl sites for hydroxylation is 1. The van der Waals surface area contributed by atoms with Gasteiger partial charge in [-0.25, -0.2) is 4.98 Å². The van der Waals surface area contributed by atoms with Gasteiger partial charge in [0.05, 0.1) is 11.1 Å². The summed E-state index contributed by atoms with van der Waals surface area (Å²) < 4.78 is 1.57. The molecule has 0 fully saturated rings. The van der Waals surface area contributed by atoms with Crippen molar-refractivity contribution < 1.29 is 9.59 Å². The van der Waals surface area contributed by atoms with Crippen LogP contribution in [0, 0.1) is 6.92 Å². The van der Waals surface area contributed by atoms with Gasteiger partial charge >= 0.3 is 0 Å². The molecule has 4 rings (SSSR count). The van der Waals surface area contributed by atoms with Crippen molar-refractivity contribution in [2.24, 2.45) is 0 Å². The molecule has 0 saturated carbocycles. The molecule has 1 amide bonds. The number of fused-ring (bicyclic) bond motifs is 1. The van der Waals surface area contributed by atoms with Gasteiger partial charge in [0, 0.05) is 29.6 Å². The number of anilines is 1. The fraction of sp³-hybridized carbons (Fsp3) is 0.154. The molecule has 2 aromatic heterocycles. The van der Waals surface area contributed by atoms with Gasteiger partial charge in [0.25, 0.3) is 5.56 Å². The van der Waals surface area contributed by atoms with Crippen molar-refractivity contribution in [3.63, 3.8) is 0 Å². The van der Waals surface area contributed by atoms with Crippen LogP contribution in [0.4, 0.5) is 5.69 Å². The van der Waals surface area contributed by atoms with Gasteiger partial charge in [-0.1, -0.05) is 48.2 Å². The van der Waals surface area contributed by atoms with Crippen LogP contribution in [0.15, 0.2) is 77.2 Å². The third kappa shape index (κ3) is 4.88. The number of rotatable bonds is 8. The van der Waals surface area contributed by atoms with Gasteiger partial charge in [-0.05, 0) is 42.3 Å². The molecule has 0 bridgehead atoms. The Labute approximate surface area is 205 Å². The number of carbonyl (C=O) groups excluding carboxylic acids is 2. The van der Waals surface area contributed by atoms with Gasteiger partial charge in [0.1, 0.15) is 4.83 Å². The highest BCUT2D eigenvalue weighted by Crippen LogP contribution is 2.36. The Morgan fingerprint density at radius 3 is 2.50 bits per heavy atom. The van der Waals surface area contributed by atoms with Crippen molar-refractivity contribution >= 4 is 50.7 Å². The van der Waals surface area contributed by atoms with Crippen molar-refractivity contribution in [2.75, 3.05) is 11.1 Å². The first-order valence-corrected chi connectivity index (χ1v) is 12.4. The fourth-order valence-electron chi connectivity index (χ4n) is 3.62. The molecular weight excluding hydrogens is 466 g/mol. The van der Waals surface area contributed by atoms with Crippen LogP contribution in [0.3, 0.4) is 0 Å². The van der Waals surface area contributed by atoms with Crippen LogP contribution in [0.25, 0.3) is 20.7 Å². The van der Waals surface area contributed by atoms with E-state index < -0.39 is 0 Å². The lowest BCUT2D eigenvalue weighted by Crippen LogP contribution is -2.23. The lowest BCUT2D eigenvalue weighted by Gasteiger charge is -2.10. The molecule has 6 nitrogen and oxygen atoms in total. The van der Waals surface area contributed by atoms with Gasteiger partial charge in [0.15, 0.2) is 10.9 Å². The number of hydrogen-bond donors (Lipinski definition) is 1. The molecule has 0 spiro atoms. The minimum absolute atomic E-state index is 0.0915. The SMILES string of the molecule is C=CCn1c(SCC(=O)c2ccc(NC(C)=O)cc2)nc2sc(-c3ccccc3)c(C)c2c1=O. The molecule has 2 heterocycles. The summed E-state index contributed by atoms with van der Waals surface area (Å²) in [5.41, 5.74) is 2.98. The van der Waals surface area contributed by atoms with Crippen LogP contribution in [0.2, 0.25) is 0 Å². The minimum Gasteiger partial charge on any atom is -0.326 e. The highest BCUT2D eigenvalue weighted by Gasteiger charge is 2.19. The van der Waals surface area contributed by atoms with E-state index in [1.54, 1.807) is 34.9 Å². The second-order valence-corrected chi connectivity index (χ2v) is 9.61. The molecule has 0 radical (unpaired) electrons. The fourth-order valence-corrected chi connectivity index (χ4v) is 5.75. The summed E-state index contributed by atoms with van der Waals surface area (Å²) >= 11 is 2.72. The molecule has 0 saturated heterocycles.